The third kappa shape index (κ3) is 2.54. The van der Waals surface area contributed by atoms with Crippen molar-refractivity contribution < 1.29 is 4.74 Å². The zero-order valence-electron chi connectivity index (χ0n) is 11.4. The van der Waals surface area contributed by atoms with Crippen molar-refractivity contribution in [3.05, 3.63) is 64.7 Å². The van der Waals surface area contributed by atoms with Crippen LogP contribution in [0.1, 0.15) is 29.5 Å². The van der Waals surface area contributed by atoms with Crippen molar-refractivity contribution in [3.63, 3.8) is 0 Å². The molecule has 3 atom stereocenters. The summed E-state index contributed by atoms with van der Waals surface area (Å²) in [5.74, 6) is 1.77. The van der Waals surface area contributed by atoms with Crippen LogP contribution >= 0.6 is 11.6 Å². The highest BCUT2D eigenvalue weighted by atomic mass is 35.5. The van der Waals surface area contributed by atoms with E-state index in [4.69, 9.17) is 22.1 Å². The molecule has 0 aromatic heterocycles. The number of halogens is 1. The molecule has 1 fully saturated rings. The van der Waals surface area contributed by atoms with Crippen molar-refractivity contribution in [2.75, 3.05) is 7.11 Å². The predicted molar refractivity (Wildman–Crippen MR) is 82.2 cm³/mol. The van der Waals surface area contributed by atoms with Crippen LogP contribution in [0, 0.1) is 5.92 Å². The van der Waals surface area contributed by atoms with E-state index in [9.17, 15) is 0 Å². The molecule has 2 aromatic carbocycles. The Morgan fingerprint density at radius 1 is 1.20 bits per heavy atom. The first-order valence-corrected chi connectivity index (χ1v) is 7.22. The molecule has 0 saturated heterocycles. The van der Waals surface area contributed by atoms with Crippen LogP contribution in [0.5, 0.6) is 5.75 Å². The minimum Gasteiger partial charge on any atom is -0.495 e. The standard InChI is InChI=1S/C17H18ClNO/c1-20-16-8-7-12(9-15(16)18)17(19)14-10-13(14)11-5-3-2-4-6-11/h2-9,13-14,17H,10,19H2,1H3. The van der Waals surface area contributed by atoms with Crippen molar-refractivity contribution in [3.8, 4) is 5.75 Å². The van der Waals surface area contributed by atoms with Crippen molar-refractivity contribution in [2.45, 2.75) is 18.4 Å². The van der Waals surface area contributed by atoms with Crippen LogP contribution in [0.15, 0.2) is 48.5 Å². The van der Waals surface area contributed by atoms with Gasteiger partial charge in [0.2, 0.25) is 0 Å². The fourth-order valence-corrected chi connectivity index (χ4v) is 3.10. The van der Waals surface area contributed by atoms with Gasteiger partial charge in [-0.1, -0.05) is 48.0 Å². The number of hydrogen-bond acceptors (Lipinski definition) is 2. The lowest BCUT2D eigenvalue weighted by Gasteiger charge is -2.13. The highest BCUT2D eigenvalue weighted by Gasteiger charge is 2.42. The third-order valence-corrected chi connectivity index (χ3v) is 4.38. The van der Waals surface area contributed by atoms with Gasteiger partial charge in [0, 0.05) is 6.04 Å². The van der Waals surface area contributed by atoms with Gasteiger partial charge in [0.15, 0.2) is 0 Å². The van der Waals surface area contributed by atoms with Gasteiger partial charge in [-0.3, -0.25) is 0 Å². The van der Waals surface area contributed by atoms with Crippen LogP contribution in [0.25, 0.3) is 0 Å². The van der Waals surface area contributed by atoms with E-state index in [2.05, 4.69) is 24.3 Å². The minimum absolute atomic E-state index is 0.0311. The second kappa shape index (κ2) is 5.47. The van der Waals surface area contributed by atoms with E-state index in [0.717, 1.165) is 12.0 Å². The first-order valence-electron chi connectivity index (χ1n) is 6.84. The van der Waals surface area contributed by atoms with Crippen molar-refractivity contribution in [2.24, 2.45) is 11.7 Å². The van der Waals surface area contributed by atoms with Crippen LogP contribution in [-0.2, 0) is 0 Å². The molecule has 1 aliphatic carbocycles. The molecule has 0 spiro atoms. The average Bonchev–Trinajstić information content (AvgIpc) is 3.28. The molecule has 2 aromatic rings. The Morgan fingerprint density at radius 3 is 2.60 bits per heavy atom. The fourth-order valence-electron chi connectivity index (χ4n) is 2.83. The van der Waals surface area contributed by atoms with Crippen LogP contribution in [0.3, 0.4) is 0 Å². The Kier molecular flexibility index (Phi) is 3.68. The van der Waals surface area contributed by atoms with Crippen LogP contribution < -0.4 is 10.5 Å². The fraction of sp³-hybridized carbons (Fsp3) is 0.294. The molecule has 0 aliphatic heterocycles. The van der Waals surface area contributed by atoms with Crippen LogP contribution in [0.2, 0.25) is 5.02 Å². The Hall–Kier alpha value is -1.51. The van der Waals surface area contributed by atoms with Gasteiger partial charge in [0.1, 0.15) is 5.75 Å². The summed E-state index contributed by atoms with van der Waals surface area (Å²) in [6.07, 6.45) is 1.15. The van der Waals surface area contributed by atoms with E-state index in [1.54, 1.807) is 7.11 Å². The summed E-state index contributed by atoms with van der Waals surface area (Å²) >= 11 is 6.17. The maximum Gasteiger partial charge on any atom is 0.137 e. The number of hydrogen-bond donors (Lipinski definition) is 1. The topological polar surface area (TPSA) is 35.2 Å². The Balaban J connectivity index is 1.75. The van der Waals surface area contributed by atoms with E-state index < -0.39 is 0 Å². The zero-order chi connectivity index (χ0) is 14.1. The highest BCUT2D eigenvalue weighted by molar-refractivity contribution is 6.32. The van der Waals surface area contributed by atoms with Crippen molar-refractivity contribution in [1.29, 1.82) is 0 Å². The van der Waals surface area contributed by atoms with E-state index in [-0.39, 0.29) is 6.04 Å². The Morgan fingerprint density at radius 2 is 1.95 bits per heavy atom. The molecule has 20 heavy (non-hydrogen) atoms. The molecule has 3 heteroatoms. The minimum atomic E-state index is 0.0311. The van der Waals surface area contributed by atoms with Gasteiger partial charge in [-0.05, 0) is 41.5 Å². The number of ether oxygens (including phenoxy) is 1. The summed E-state index contributed by atoms with van der Waals surface area (Å²) in [4.78, 5) is 0. The summed E-state index contributed by atoms with van der Waals surface area (Å²) in [5, 5.41) is 0.623. The molecule has 2 nitrogen and oxygen atoms in total. The SMILES string of the molecule is COc1ccc(C(N)C2CC2c2ccccc2)cc1Cl. The summed E-state index contributed by atoms with van der Waals surface area (Å²) < 4.78 is 5.17. The number of nitrogens with two attached hydrogens (primary N) is 1. The highest BCUT2D eigenvalue weighted by Crippen LogP contribution is 2.53. The second-order valence-corrected chi connectivity index (χ2v) is 5.74. The largest absolute Gasteiger partial charge is 0.495 e. The van der Waals surface area contributed by atoms with E-state index in [0.29, 0.717) is 22.6 Å². The second-order valence-electron chi connectivity index (χ2n) is 5.34. The van der Waals surface area contributed by atoms with Gasteiger partial charge >= 0.3 is 0 Å². The lowest BCUT2D eigenvalue weighted by atomic mass is 9.99. The molecule has 0 radical (unpaired) electrons. The molecule has 1 aliphatic rings. The Labute approximate surface area is 124 Å². The molecule has 0 bridgehead atoms. The maximum atomic E-state index is 6.39. The summed E-state index contributed by atoms with van der Waals surface area (Å²) in [6.45, 7) is 0. The summed E-state index contributed by atoms with van der Waals surface area (Å²) in [5.41, 5.74) is 8.85. The molecule has 3 rings (SSSR count). The molecule has 3 unspecified atom stereocenters. The predicted octanol–water partition coefficient (Wildman–Crippen LogP) is 4.15. The summed E-state index contributed by atoms with van der Waals surface area (Å²) in [6, 6.07) is 16.4. The first kappa shape index (κ1) is 13.5. The van der Waals surface area contributed by atoms with Gasteiger partial charge < -0.3 is 10.5 Å². The van der Waals surface area contributed by atoms with Gasteiger partial charge in [0.05, 0.1) is 12.1 Å². The Bertz CT molecular complexity index is 599. The normalized spacial score (nSPS) is 22.4. The molecule has 2 N–H and O–H groups in total. The molecule has 1 saturated carbocycles. The van der Waals surface area contributed by atoms with Gasteiger partial charge in [-0.15, -0.1) is 0 Å². The molecular weight excluding hydrogens is 270 g/mol. The van der Waals surface area contributed by atoms with E-state index in [1.807, 2.05) is 24.3 Å². The molecule has 0 heterocycles. The van der Waals surface area contributed by atoms with Crippen molar-refractivity contribution in [1.82, 2.24) is 0 Å². The zero-order valence-corrected chi connectivity index (χ0v) is 12.2. The third-order valence-electron chi connectivity index (χ3n) is 4.09. The smallest absolute Gasteiger partial charge is 0.137 e. The van der Waals surface area contributed by atoms with Crippen LogP contribution in [0.4, 0.5) is 0 Å². The average molecular weight is 288 g/mol. The molecular formula is C17H18ClNO. The quantitative estimate of drug-likeness (QED) is 0.917. The van der Waals surface area contributed by atoms with E-state index in [1.165, 1.54) is 5.56 Å². The lowest BCUT2D eigenvalue weighted by Crippen LogP contribution is -2.13. The first-order chi connectivity index (χ1) is 9.70. The van der Waals surface area contributed by atoms with Gasteiger partial charge in [-0.25, -0.2) is 0 Å². The van der Waals surface area contributed by atoms with Crippen molar-refractivity contribution >= 4 is 11.6 Å². The summed E-state index contributed by atoms with van der Waals surface area (Å²) in [7, 11) is 1.62. The van der Waals surface area contributed by atoms with E-state index >= 15 is 0 Å². The monoisotopic (exact) mass is 287 g/mol. The lowest BCUT2D eigenvalue weighted by molar-refractivity contribution is 0.414. The molecule has 0 amide bonds. The maximum absolute atomic E-state index is 6.39. The van der Waals surface area contributed by atoms with Gasteiger partial charge in [-0.2, -0.15) is 0 Å². The molecule has 104 valence electrons. The van der Waals surface area contributed by atoms with Crippen LogP contribution in [-0.4, -0.2) is 7.11 Å². The number of methoxy groups -OCH3 is 1. The number of benzene rings is 2. The number of rotatable bonds is 4. The van der Waals surface area contributed by atoms with Gasteiger partial charge in [0.25, 0.3) is 0 Å².